The van der Waals surface area contributed by atoms with Crippen molar-refractivity contribution < 1.29 is 35.1 Å². The molecule has 10 heteroatoms. The fourth-order valence-electron chi connectivity index (χ4n) is 10.1. The molecule has 0 bridgehead atoms. The molecule has 3 aliphatic rings. The van der Waals surface area contributed by atoms with Crippen molar-refractivity contribution in [3.63, 3.8) is 0 Å². The second-order valence-corrected chi connectivity index (χ2v) is 16.6. The van der Waals surface area contributed by atoms with Crippen molar-refractivity contribution in [2.24, 2.45) is 11.3 Å². The van der Waals surface area contributed by atoms with Crippen molar-refractivity contribution in [2.75, 3.05) is 0 Å². The van der Waals surface area contributed by atoms with Crippen molar-refractivity contribution in [1.82, 2.24) is 0 Å². The molecule has 0 N–H and O–H groups in total. The Labute approximate surface area is 359 Å². The Morgan fingerprint density at radius 3 is 1.48 bits per heavy atom. The lowest BCUT2D eigenvalue weighted by molar-refractivity contribution is 0.252. The van der Waals surface area contributed by atoms with Crippen molar-refractivity contribution in [2.45, 2.75) is 19.0 Å². The summed E-state index contributed by atoms with van der Waals surface area (Å²) in [6, 6.07) is 36.0. The van der Waals surface area contributed by atoms with E-state index < -0.39 is 94.1 Å². The fourth-order valence-corrected chi connectivity index (χ4v) is 10.1. The zero-order valence-electron chi connectivity index (χ0n) is 33.6. The predicted molar refractivity (Wildman–Crippen MR) is 240 cm³/mol. The highest BCUT2D eigenvalue weighted by Gasteiger charge is 2.49. The first kappa shape index (κ1) is 40.4. The van der Waals surface area contributed by atoms with E-state index in [0.717, 1.165) is 0 Å². The maximum absolute atomic E-state index is 17.1. The van der Waals surface area contributed by atoms with Crippen molar-refractivity contribution >= 4 is 67.6 Å². The molecule has 0 aliphatic heterocycles. The number of halogens is 8. The number of hydrogen-bond donors (Lipinski definition) is 0. The SMILES string of the molecule is CC12C=CC=CC1C(B(c1c(F)c(F)c(C3C(F)=C(F)C(B(c4cccc5ccccc45)c4cccc5ccccc45)=C(F)C3F)c(F)c1F)c1cccc3ccccc13)=CC=C2. The van der Waals surface area contributed by atoms with Crippen molar-refractivity contribution in [3.8, 4) is 0 Å². The largest absolute Gasteiger partial charge is 0.250 e. The molecule has 308 valence electrons. The van der Waals surface area contributed by atoms with Gasteiger partial charge in [0.1, 0.15) is 11.7 Å². The zero-order chi connectivity index (χ0) is 43.7. The molecule has 7 aromatic carbocycles. The van der Waals surface area contributed by atoms with Crippen molar-refractivity contribution in [3.05, 3.63) is 227 Å². The molecular formula is C53H34B2F8. The molecule has 0 nitrogen and oxygen atoms in total. The Kier molecular flexibility index (Phi) is 10.0. The summed E-state index contributed by atoms with van der Waals surface area (Å²) in [5, 5.41) is 3.64. The van der Waals surface area contributed by atoms with Crippen LogP contribution in [0.3, 0.4) is 0 Å². The molecule has 4 atom stereocenters. The minimum atomic E-state index is -3.29. The molecule has 0 aromatic heterocycles. The van der Waals surface area contributed by atoms with Crippen LogP contribution in [0.5, 0.6) is 0 Å². The van der Waals surface area contributed by atoms with Crippen LogP contribution in [0.1, 0.15) is 18.4 Å². The second kappa shape index (κ2) is 15.6. The van der Waals surface area contributed by atoms with Gasteiger partial charge in [-0.3, -0.25) is 0 Å². The molecule has 0 heterocycles. The van der Waals surface area contributed by atoms with E-state index in [0.29, 0.717) is 54.2 Å². The Balaban J connectivity index is 1.16. The highest BCUT2D eigenvalue weighted by molar-refractivity contribution is 6.94. The number of rotatable bonds is 7. The summed E-state index contributed by atoms with van der Waals surface area (Å²) in [6.45, 7) is -1.03. The third kappa shape index (κ3) is 6.36. The zero-order valence-corrected chi connectivity index (χ0v) is 33.6. The summed E-state index contributed by atoms with van der Waals surface area (Å²) in [5.74, 6) is -17.7. The molecule has 0 saturated heterocycles. The molecule has 63 heavy (non-hydrogen) atoms. The Hall–Kier alpha value is -6.67. The summed E-state index contributed by atoms with van der Waals surface area (Å²) in [7, 11) is 0. The van der Waals surface area contributed by atoms with E-state index in [1.807, 2.05) is 31.2 Å². The van der Waals surface area contributed by atoms with Crippen LogP contribution in [-0.4, -0.2) is 19.6 Å². The van der Waals surface area contributed by atoms with E-state index in [4.69, 9.17) is 0 Å². The van der Waals surface area contributed by atoms with Gasteiger partial charge >= 0.3 is 0 Å². The molecule has 3 aliphatic carbocycles. The van der Waals surface area contributed by atoms with Crippen LogP contribution in [0.4, 0.5) is 35.1 Å². The molecular weight excluding hydrogens is 810 g/mol. The molecule has 0 radical (unpaired) electrons. The van der Waals surface area contributed by atoms with E-state index in [1.165, 1.54) is 0 Å². The van der Waals surface area contributed by atoms with E-state index in [2.05, 4.69) is 0 Å². The van der Waals surface area contributed by atoms with Crippen LogP contribution in [0.15, 0.2) is 198 Å². The Bertz CT molecular complexity index is 3110. The molecule has 0 spiro atoms. The maximum Gasteiger partial charge on any atom is 0.250 e. The second-order valence-electron chi connectivity index (χ2n) is 16.6. The summed E-state index contributed by atoms with van der Waals surface area (Å²) >= 11 is 0. The third-order valence-electron chi connectivity index (χ3n) is 13.1. The molecule has 7 aromatic rings. The lowest BCUT2D eigenvalue weighted by atomic mass is 9.32. The summed E-state index contributed by atoms with van der Waals surface area (Å²) < 4.78 is 136. The smallest absolute Gasteiger partial charge is 0.239 e. The number of benzene rings is 7. The van der Waals surface area contributed by atoms with Gasteiger partial charge in [0.05, 0.1) is 5.92 Å². The van der Waals surface area contributed by atoms with Crippen molar-refractivity contribution in [1.29, 1.82) is 0 Å². The average molecular weight is 844 g/mol. The van der Waals surface area contributed by atoms with Crippen LogP contribution in [0, 0.1) is 34.6 Å². The van der Waals surface area contributed by atoms with Gasteiger partial charge in [-0.2, -0.15) is 0 Å². The Morgan fingerprint density at radius 1 is 0.492 bits per heavy atom. The predicted octanol–water partition coefficient (Wildman–Crippen LogP) is 11.8. The first-order valence-electron chi connectivity index (χ1n) is 20.6. The van der Waals surface area contributed by atoms with Gasteiger partial charge in [-0.1, -0.05) is 199 Å². The van der Waals surface area contributed by atoms with E-state index >= 15 is 35.1 Å². The Morgan fingerprint density at radius 2 is 0.952 bits per heavy atom. The van der Waals surface area contributed by atoms with Gasteiger partial charge in [0.15, 0.2) is 35.3 Å². The van der Waals surface area contributed by atoms with Gasteiger partial charge in [0.2, 0.25) is 13.4 Å². The molecule has 0 saturated carbocycles. The first-order valence-corrected chi connectivity index (χ1v) is 20.6. The standard InChI is InChI=1S/C53H34B2F8/c1-53-28-9-8-23-36(53)40(27-13-29-53)55(39-26-12-19-32-16-4-7-22-35(32)39)44-51(62)47(58)42(48(59)52(44)63)41-45(56)49(60)43(50(61)46(41)57)54(37-24-10-17-30-14-2-5-20-33(30)37)38-25-11-18-31-15-3-6-21-34(31)38/h2-29,36,41,45H,1H3. The lowest BCUT2D eigenvalue weighted by Gasteiger charge is -2.39. The number of fused-ring (bicyclic) bond motifs is 4. The fraction of sp³-hybridized carbons (Fsp3) is 0.0943. The number of allylic oxidation sites excluding steroid dienone is 12. The third-order valence-corrected chi connectivity index (χ3v) is 13.1. The minimum Gasteiger partial charge on any atom is -0.239 e. The lowest BCUT2D eigenvalue weighted by Crippen LogP contribution is -2.52. The number of hydrogen-bond acceptors (Lipinski definition) is 0. The van der Waals surface area contributed by atoms with Gasteiger partial charge in [-0.05, 0) is 32.3 Å². The average Bonchev–Trinajstić information content (AvgIpc) is 3.31. The highest BCUT2D eigenvalue weighted by atomic mass is 19.2. The van der Waals surface area contributed by atoms with Crippen LogP contribution in [0.2, 0.25) is 0 Å². The summed E-state index contributed by atoms with van der Waals surface area (Å²) in [4.78, 5) is 0. The molecule has 4 unspecified atom stereocenters. The molecule has 0 fully saturated rings. The summed E-state index contributed by atoms with van der Waals surface area (Å²) in [5.41, 5.74) is -3.25. The van der Waals surface area contributed by atoms with E-state index in [-0.39, 0.29) is 0 Å². The normalized spacial score (nSPS) is 20.8. The highest BCUT2D eigenvalue weighted by Crippen LogP contribution is 2.48. The minimum absolute atomic E-state index is 0.299. The first-order chi connectivity index (χ1) is 30.5. The van der Waals surface area contributed by atoms with E-state index in [9.17, 15) is 0 Å². The summed E-state index contributed by atoms with van der Waals surface area (Å²) in [6.07, 6.45) is 9.31. The van der Waals surface area contributed by atoms with Gasteiger partial charge in [0.25, 0.3) is 0 Å². The monoisotopic (exact) mass is 844 g/mol. The van der Waals surface area contributed by atoms with Crippen LogP contribution in [-0.2, 0) is 0 Å². The number of alkyl halides is 1. The van der Waals surface area contributed by atoms with E-state index in [1.54, 1.807) is 146 Å². The van der Waals surface area contributed by atoms with Crippen LogP contribution >= 0.6 is 0 Å². The van der Waals surface area contributed by atoms with Gasteiger partial charge < -0.3 is 0 Å². The molecule has 0 amide bonds. The van der Waals surface area contributed by atoms with Gasteiger partial charge in [-0.15, -0.1) is 0 Å². The molecule has 10 rings (SSSR count). The quantitative estimate of drug-likeness (QED) is 0.0852. The van der Waals surface area contributed by atoms with Gasteiger partial charge in [-0.25, -0.2) is 35.1 Å². The van der Waals surface area contributed by atoms with Crippen LogP contribution < -0.4 is 21.9 Å². The topological polar surface area (TPSA) is 0 Å². The maximum atomic E-state index is 17.1. The van der Waals surface area contributed by atoms with Crippen LogP contribution in [0.25, 0.3) is 32.3 Å². The van der Waals surface area contributed by atoms with Gasteiger partial charge in [0, 0.05) is 27.8 Å².